The second-order valence-corrected chi connectivity index (χ2v) is 9.71. The summed E-state index contributed by atoms with van der Waals surface area (Å²) < 4.78 is 32.2. The molecule has 2 aromatic rings. The van der Waals surface area contributed by atoms with Crippen molar-refractivity contribution in [1.82, 2.24) is 4.31 Å². The lowest BCUT2D eigenvalue weighted by Gasteiger charge is -2.26. The van der Waals surface area contributed by atoms with Gasteiger partial charge in [0.2, 0.25) is 10.0 Å². The van der Waals surface area contributed by atoms with Crippen molar-refractivity contribution in [2.24, 2.45) is 5.92 Å². The van der Waals surface area contributed by atoms with Crippen molar-refractivity contribution < 1.29 is 18.1 Å². The number of nitrogens with zero attached hydrogens (tertiary/aromatic N) is 3. The van der Waals surface area contributed by atoms with Crippen molar-refractivity contribution in [1.29, 1.82) is 0 Å². The number of hydrogen-bond acceptors (Lipinski definition) is 7. The van der Waals surface area contributed by atoms with Crippen LogP contribution < -0.4 is 10.2 Å². The molecule has 0 radical (unpaired) electrons. The fraction of sp³-hybridized carbons (Fsp3) is 0.429. The lowest BCUT2D eigenvalue weighted by molar-refractivity contribution is -0.384. The van der Waals surface area contributed by atoms with Gasteiger partial charge in [-0.2, -0.15) is 4.31 Å². The molecule has 0 aliphatic carbocycles. The number of hydrogen-bond donors (Lipinski definition) is 1. The highest BCUT2D eigenvalue weighted by Crippen LogP contribution is 2.30. The molecule has 0 spiro atoms. The van der Waals surface area contributed by atoms with E-state index in [1.807, 2.05) is 18.2 Å². The van der Waals surface area contributed by atoms with E-state index in [2.05, 4.69) is 22.3 Å². The molecule has 0 aromatic heterocycles. The molecule has 166 valence electrons. The summed E-state index contributed by atoms with van der Waals surface area (Å²) >= 11 is 0. The first-order valence-corrected chi connectivity index (χ1v) is 11.8. The van der Waals surface area contributed by atoms with Gasteiger partial charge in [-0.15, -0.1) is 0 Å². The van der Waals surface area contributed by atoms with Crippen LogP contribution in [0.3, 0.4) is 0 Å². The molecule has 4 rings (SSSR count). The Hall–Kier alpha value is -2.69. The predicted molar refractivity (Wildman–Crippen MR) is 118 cm³/mol. The van der Waals surface area contributed by atoms with Gasteiger partial charge in [0.05, 0.1) is 23.0 Å². The summed E-state index contributed by atoms with van der Waals surface area (Å²) in [6.45, 7) is 3.53. The van der Waals surface area contributed by atoms with Gasteiger partial charge in [0.15, 0.2) is 0 Å². The summed E-state index contributed by atoms with van der Waals surface area (Å²) in [6, 6.07) is 14.2. The third-order valence-electron chi connectivity index (χ3n) is 5.76. The standard InChI is InChI=1S/C21H26N4O5S/c26-25(27)21-14-19(31(28,29)24-10-12-30-13-11-24)6-7-20(21)22-15-17-8-9-23(16-17)18-4-2-1-3-5-18/h1-7,14,17,22H,8-13,15-16H2. The SMILES string of the molecule is O=[N+]([O-])c1cc(S(=O)(=O)N2CCOCC2)ccc1NCC1CCN(c2ccccc2)C1. The minimum Gasteiger partial charge on any atom is -0.379 e. The molecular formula is C21H26N4O5S. The molecular weight excluding hydrogens is 420 g/mol. The molecule has 0 amide bonds. The minimum absolute atomic E-state index is 0.0669. The third-order valence-corrected chi connectivity index (χ3v) is 7.66. The molecule has 1 unspecified atom stereocenters. The van der Waals surface area contributed by atoms with Gasteiger partial charge >= 0.3 is 0 Å². The van der Waals surface area contributed by atoms with Gasteiger partial charge < -0.3 is 15.0 Å². The van der Waals surface area contributed by atoms with Crippen molar-refractivity contribution in [2.75, 3.05) is 56.2 Å². The third kappa shape index (κ3) is 4.81. The zero-order chi connectivity index (χ0) is 21.8. The van der Waals surface area contributed by atoms with Crippen molar-refractivity contribution >= 4 is 27.1 Å². The first-order chi connectivity index (χ1) is 14.9. The van der Waals surface area contributed by atoms with E-state index in [4.69, 9.17) is 4.74 Å². The number of rotatable bonds is 7. The van der Waals surface area contributed by atoms with Gasteiger partial charge in [-0.05, 0) is 36.6 Å². The molecule has 2 aromatic carbocycles. The molecule has 0 bridgehead atoms. The Labute approximate surface area is 181 Å². The number of sulfonamides is 1. The van der Waals surface area contributed by atoms with Crippen LogP contribution in [0.5, 0.6) is 0 Å². The predicted octanol–water partition coefficient (Wildman–Crippen LogP) is 2.55. The molecule has 2 saturated heterocycles. The summed E-state index contributed by atoms with van der Waals surface area (Å²) in [7, 11) is -3.79. The Morgan fingerprint density at radius 3 is 2.55 bits per heavy atom. The van der Waals surface area contributed by atoms with E-state index in [9.17, 15) is 18.5 Å². The van der Waals surface area contributed by atoms with Gasteiger partial charge in [-0.1, -0.05) is 18.2 Å². The molecule has 1 N–H and O–H groups in total. The topological polar surface area (TPSA) is 105 Å². The number of nitro benzene ring substituents is 1. The van der Waals surface area contributed by atoms with Gasteiger partial charge in [-0.25, -0.2) is 8.42 Å². The van der Waals surface area contributed by atoms with E-state index in [0.717, 1.165) is 25.6 Å². The molecule has 0 saturated carbocycles. The van der Waals surface area contributed by atoms with Crippen LogP contribution >= 0.6 is 0 Å². The van der Waals surface area contributed by atoms with Crippen LogP contribution in [-0.4, -0.2) is 63.6 Å². The molecule has 2 aliphatic rings. The van der Waals surface area contributed by atoms with E-state index in [1.165, 1.54) is 22.1 Å². The highest BCUT2D eigenvalue weighted by Gasteiger charge is 2.29. The monoisotopic (exact) mass is 446 g/mol. The second-order valence-electron chi connectivity index (χ2n) is 7.77. The largest absolute Gasteiger partial charge is 0.379 e. The van der Waals surface area contributed by atoms with E-state index in [0.29, 0.717) is 31.4 Å². The zero-order valence-electron chi connectivity index (χ0n) is 17.1. The first-order valence-electron chi connectivity index (χ1n) is 10.4. The Bertz CT molecular complexity index is 1030. The Morgan fingerprint density at radius 1 is 1.10 bits per heavy atom. The fourth-order valence-electron chi connectivity index (χ4n) is 4.04. The van der Waals surface area contributed by atoms with Crippen LogP contribution in [-0.2, 0) is 14.8 Å². The molecule has 2 fully saturated rings. The maximum absolute atomic E-state index is 12.8. The summed E-state index contributed by atoms with van der Waals surface area (Å²) in [4.78, 5) is 13.3. The number of morpholine rings is 1. The number of ether oxygens (including phenoxy) is 1. The van der Waals surface area contributed by atoms with Crippen molar-refractivity contribution in [2.45, 2.75) is 11.3 Å². The molecule has 1 atom stereocenters. The summed E-state index contributed by atoms with van der Waals surface area (Å²) in [6.07, 6.45) is 0.985. The molecule has 2 heterocycles. The molecule has 10 heteroatoms. The second kappa shape index (κ2) is 9.21. The van der Waals surface area contributed by atoms with E-state index >= 15 is 0 Å². The highest BCUT2D eigenvalue weighted by molar-refractivity contribution is 7.89. The number of benzene rings is 2. The Balaban J connectivity index is 1.45. The summed E-state index contributed by atoms with van der Waals surface area (Å²) in [5, 5.41) is 14.8. The normalized spacial score (nSPS) is 20.0. The van der Waals surface area contributed by atoms with E-state index in [-0.39, 0.29) is 23.7 Å². The maximum atomic E-state index is 12.8. The average Bonchev–Trinajstić information content (AvgIpc) is 3.28. The fourth-order valence-corrected chi connectivity index (χ4v) is 5.46. The van der Waals surface area contributed by atoms with E-state index < -0.39 is 14.9 Å². The number of nitrogens with one attached hydrogen (secondary N) is 1. The van der Waals surface area contributed by atoms with E-state index in [1.54, 1.807) is 0 Å². The first kappa shape index (κ1) is 21.5. The van der Waals surface area contributed by atoms with Gasteiger partial charge in [0, 0.05) is 44.5 Å². The zero-order valence-corrected chi connectivity index (χ0v) is 18.0. The van der Waals surface area contributed by atoms with Gasteiger partial charge in [-0.3, -0.25) is 10.1 Å². The molecule has 31 heavy (non-hydrogen) atoms. The number of nitro groups is 1. The minimum atomic E-state index is -3.79. The summed E-state index contributed by atoms with van der Waals surface area (Å²) in [5.74, 6) is 0.344. The molecule has 2 aliphatic heterocycles. The van der Waals surface area contributed by atoms with Gasteiger partial charge in [0.1, 0.15) is 5.69 Å². The quantitative estimate of drug-likeness (QED) is 0.515. The summed E-state index contributed by atoms with van der Waals surface area (Å²) in [5.41, 5.74) is 1.28. The van der Waals surface area contributed by atoms with Crippen molar-refractivity contribution in [3.8, 4) is 0 Å². The Kier molecular flexibility index (Phi) is 6.40. The highest BCUT2D eigenvalue weighted by atomic mass is 32.2. The van der Waals surface area contributed by atoms with Crippen molar-refractivity contribution in [3.05, 3.63) is 58.6 Å². The van der Waals surface area contributed by atoms with Crippen LogP contribution in [0, 0.1) is 16.0 Å². The number of anilines is 2. The molecule has 9 nitrogen and oxygen atoms in total. The van der Waals surface area contributed by atoms with Crippen LogP contribution in [0.1, 0.15) is 6.42 Å². The van der Waals surface area contributed by atoms with Crippen LogP contribution in [0.4, 0.5) is 17.1 Å². The Morgan fingerprint density at radius 2 is 1.84 bits per heavy atom. The lowest BCUT2D eigenvalue weighted by atomic mass is 10.1. The van der Waals surface area contributed by atoms with Crippen LogP contribution in [0.25, 0.3) is 0 Å². The number of para-hydroxylation sites is 1. The van der Waals surface area contributed by atoms with Crippen LogP contribution in [0.15, 0.2) is 53.4 Å². The van der Waals surface area contributed by atoms with Gasteiger partial charge in [0.25, 0.3) is 5.69 Å². The van der Waals surface area contributed by atoms with Crippen molar-refractivity contribution in [3.63, 3.8) is 0 Å². The van der Waals surface area contributed by atoms with Crippen LogP contribution in [0.2, 0.25) is 0 Å². The smallest absolute Gasteiger partial charge is 0.293 e. The lowest BCUT2D eigenvalue weighted by Crippen LogP contribution is -2.40. The maximum Gasteiger partial charge on any atom is 0.293 e. The average molecular weight is 447 g/mol.